The Morgan fingerprint density at radius 3 is 2.61 bits per heavy atom. The molecule has 0 unspecified atom stereocenters. The van der Waals surface area contributed by atoms with Crippen molar-refractivity contribution in [3.8, 4) is 0 Å². The normalized spacial score (nSPS) is 10.0. The zero-order valence-electron chi connectivity index (χ0n) is 8.75. The second-order valence-electron chi connectivity index (χ2n) is 3.18. The van der Waals surface area contributed by atoms with E-state index in [9.17, 15) is 14.9 Å². The minimum atomic E-state index is -0.509. The summed E-state index contributed by atoms with van der Waals surface area (Å²) in [5, 5.41) is 19.4. The highest BCUT2D eigenvalue weighted by atomic mass is 32.1. The van der Waals surface area contributed by atoms with E-state index in [4.69, 9.17) is 12.2 Å². The first-order valence-corrected chi connectivity index (χ1v) is 5.90. The molecular weight excluding hydrogens is 276 g/mol. The highest BCUT2D eigenvalue weighted by molar-refractivity contribution is 7.73. The maximum Gasteiger partial charge on any atom is 0.286 e. The summed E-state index contributed by atoms with van der Waals surface area (Å²) in [5.41, 5.74) is 0.412. The molecule has 0 aliphatic rings. The number of benzene rings is 1. The number of nitro benzene ring substituents is 1. The van der Waals surface area contributed by atoms with Crippen LogP contribution in [0.4, 0.5) is 11.4 Å². The number of nitrogens with zero attached hydrogens (tertiary/aromatic N) is 2. The van der Waals surface area contributed by atoms with Gasteiger partial charge < -0.3 is 5.32 Å². The molecule has 0 saturated heterocycles. The lowest BCUT2D eigenvalue weighted by molar-refractivity contribution is -0.384. The van der Waals surface area contributed by atoms with Crippen LogP contribution in [0.25, 0.3) is 0 Å². The van der Waals surface area contributed by atoms with E-state index < -0.39 is 10.8 Å². The fraction of sp³-hybridized carbons (Fsp3) is 0. The van der Waals surface area contributed by atoms with Gasteiger partial charge in [0.2, 0.25) is 5.01 Å². The molecule has 1 heterocycles. The van der Waals surface area contributed by atoms with Crippen molar-refractivity contribution in [2.24, 2.45) is 0 Å². The Morgan fingerprint density at radius 2 is 2.11 bits per heavy atom. The number of carbonyl (C=O) groups is 1. The van der Waals surface area contributed by atoms with Crippen molar-refractivity contribution in [3.05, 3.63) is 43.3 Å². The number of nitro groups is 1. The van der Waals surface area contributed by atoms with E-state index >= 15 is 0 Å². The lowest BCUT2D eigenvalue weighted by Crippen LogP contribution is -2.11. The van der Waals surface area contributed by atoms with Crippen LogP contribution in [0.15, 0.2) is 24.3 Å². The first-order valence-electron chi connectivity index (χ1n) is 4.67. The number of carbonyl (C=O) groups excluding carboxylic acids is 1. The molecule has 0 bridgehead atoms. The lowest BCUT2D eigenvalue weighted by Gasteiger charge is -2.01. The number of nitrogens with one attached hydrogen (secondary N) is 2. The molecule has 92 valence electrons. The van der Waals surface area contributed by atoms with E-state index in [0.29, 0.717) is 9.64 Å². The summed E-state index contributed by atoms with van der Waals surface area (Å²) in [6.45, 7) is 0. The van der Waals surface area contributed by atoms with Crippen molar-refractivity contribution in [1.82, 2.24) is 10.2 Å². The smallest absolute Gasteiger partial charge is 0.286 e. The first-order chi connectivity index (χ1) is 8.56. The van der Waals surface area contributed by atoms with Crippen LogP contribution in [0.5, 0.6) is 0 Å². The summed E-state index contributed by atoms with van der Waals surface area (Å²) in [6.07, 6.45) is 0. The molecule has 0 fully saturated rings. The third-order valence-electron chi connectivity index (χ3n) is 1.97. The van der Waals surface area contributed by atoms with Crippen molar-refractivity contribution in [2.75, 3.05) is 5.32 Å². The number of aromatic nitrogens is 2. The van der Waals surface area contributed by atoms with E-state index in [0.717, 1.165) is 11.3 Å². The Bertz CT molecular complexity index is 646. The molecular formula is C9H6N4O3S2. The van der Waals surface area contributed by atoms with Gasteiger partial charge in [-0.2, -0.15) is 5.10 Å². The van der Waals surface area contributed by atoms with Gasteiger partial charge >= 0.3 is 0 Å². The molecule has 1 aromatic carbocycles. The molecule has 0 spiro atoms. The molecule has 1 amide bonds. The van der Waals surface area contributed by atoms with Gasteiger partial charge in [0.25, 0.3) is 11.6 Å². The van der Waals surface area contributed by atoms with Crippen molar-refractivity contribution in [1.29, 1.82) is 0 Å². The van der Waals surface area contributed by atoms with Crippen LogP contribution >= 0.6 is 23.6 Å². The average molecular weight is 282 g/mol. The largest absolute Gasteiger partial charge is 0.320 e. The Balaban J connectivity index is 2.12. The van der Waals surface area contributed by atoms with Crippen molar-refractivity contribution < 1.29 is 9.72 Å². The predicted molar refractivity (Wildman–Crippen MR) is 68.3 cm³/mol. The lowest BCUT2D eigenvalue weighted by atomic mass is 10.3. The Kier molecular flexibility index (Phi) is 3.44. The highest BCUT2D eigenvalue weighted by Gasteiger charge is 2.11. The standard InChI is InChI=1S/C9H6N4O3S2/c14-7(8-11-12-9(17)18-8)10-5-1-3-6(4-2-5)13(15)16/h1-4H,(H,10,14)(H,12,17). The zero-order valence-corrected chi connectivity index (χ0v) is 10.4. The van der Waals surface area contributed by atoms with E-state index in [2.05, 4.69) is 15.5 Å². The SMILES string of the molecule is O=C(Nc1ccc([N+](=O)[O-])cc1)c1n[nH]c(=S)s1. The summed E-state index contributed by atoms with van der Waals surface area (Å²) in [5.74, 6) is -0.416. The number of anilines is 1. The molecule has 0 saturated carbocycles. The van der Waals surface area contributed by atoms with Crippen molar-refractivity contribution in [3.63, 3.8) is 0 Å². The van der Waals surface area contributed by atoms with Crippen molar-refractivity contribution >= 4 is 40.8 Å². The number of aromatic amines is 1. The topological polar surface area (TPSA) is 101 Å². The van der Waals surface area contributed by atoms with Gasteiger partial charge in [-0.1, -0.05) is 11.3 Å². The molecule has 9 heteroatoms. The molecule has 0 atom stereocenters. The average Bonchev–Trinajstić information content (AvgIpc) is 2.76. The van der Waals surface area contributed by atoms with Crippen LogP contribution in [0.1, 0.15) is 9.80 Å². The molecule has 0 aliphatic carbocycles. The minimum absolute atomic E-state index is 0.0385. The van der Waals surface area contributed by atoms with Gasteiger partial charge in [0.1, 0.15) is 0 Å². The molecule has 2 rings (SSSR count). The monoisotopic (exact) mass is 282 g/mol. The minimum Gasteiger partial charge on any atom is -0.320 e. The predicted octanol–water partition coefficient (Wildman–Crippen LogP) is 2.36. The number of amides is 1. The Hall–Kier alpha value is -2.13. The Labute approximate surface area is 110 Å². The summed E-state index contributed by atoms with van der Waals surface area (Å²) in [7, 11) is 0. The van der Waals surface area contributed by atoms with Crippen LogP contribution < -0.4 is 5.32 Å². The van der Waals surface area contributed by atoms with Gasteiger partial charge in [-0.05, 0) is 24.4 Å². The molecule has 0 aliphatic heterocycles. The second-order valence-corrected chi connectivity index (χ2v) is 4.84. The number of hydrogen-bond donors (Lipinski definition) is 2. The van der Waals surface area contributed by atoms with Crippen LogP contribution in [0, 0.1) is 14.1 Å². The highest BCUT2D eigenvalue weighted by Crippen LogP contribution is 2.16. The van der Waals surface area contributed by atoms with E-state index in [1.165, 1.54) is 24.3 Å². The summed E-state index contributed by atoms with van der Waals surface area (Å²) in [4.78, 5) is 21.6. The summed E-state index contributed by atoms with van der Waals surface area (Å²) < 4.78 is 0.406. The van der Waals surface area contributed by atoms with Crippen LogP contribution in [-0.2, 0) is 0 Å². The quantitative estimate of drug-likeness (QED) is 0.511. The van der Waals surface area contributed by atoms with Gasteiger partial charge in [-0.3, -0.25) is 20.0 Å². The van der Waals surface area contributed by atoms with Gasteiger partial charge in [0.15, 0.2) is 3.95 Å². The maximum absolute atomic E-state index is 11.7. The van der Waals surface area contributed by atoms with Crippen molar-refractivity contribution in [2.45, 2.75) is 0 Å². The van der Waals surface area contributed by atoms with Gasteiger partial charge in [-0.15, -0.1) is 0 Å². The van der Waals surface area contributed by atoms with Crippen LogP contribution in [0.2, 0.25) is 0 Å². The van der Waals surface area contributed by atoms with Crippen LogP contribution in [-0.4, -0.2) is 21.0 Å². The van der Waals surface area contributed by atoms with Gasteiger partial charge in [0.05, 0.1) is 4.92 Å². The van der Waals surface area contributed by atoms with Gasteiger partial charge in [0, 0.05) is 17.8 Å². The molecule has 1 aromatic heterocycles. The number of H-pyrrole nitrogens is 1. The summed E-state index contributed by atoms with van der Waals surface area (Å²) in [6, 6.07) is 5.51. The Morgan fingerprint density at radius 1 is 1.44 bits per heavy atom. The number of rotatable bonds is 3. The number of non-ortho nitro benzene ring substituents is 1. The molecule has 2 aromatic rings. The third-order valence-corrected chi connectivity index (χ3v) is 3.06. The fourth-order valence-electron chi connectivity index (χ4n) is 1.18. The fourth-order valence-corrected chi connectivity index (χ4v) is 1.96. The molecule has 2 N–H and O–H groups in total. The summed E-state index contributed by atoms with van der Waals surface area (Å²) >= 11 is 5.86. The van der Waals surface area contributed by atoms with E-state index in [1.807, 2.05) is 0 Å². The molecule has 0 radical (unpaired) electrons. The van der Waals surface area contributed by atoms with E-state index in [-0.39, 0.29) is 10.7 Å². The molecule has 7 nitrogen and oxygen atoms in total. The third kappa shape index (κ3) is 2.76. The maximum atomic E-state index is 11.7. The second kappa shape index (κ2) is 5.02. The number of hydrogen-bond acceptors (Lipinski definition) is 6. The van der Waals surface area contributed by atoms with Gasteiger partial charge in [-0.25, -0.2) is 0 Å². The van der Waals surface area contributed by atoms with Crippen LogP contribution in [0.3, 0.4) is 0 Å². The van der Waals surface area contributed by atoms with E-state index in [1.54, 1.807) is 0 Å². The first kappa shape index (κ1) is 12.3. The zero-order chi connectivity index (χ0) is 13.1. The molecule has 18 heavy (non-hydrogen) atoms.